The molecule has 3 aliphatic rings. The summed E-state index contributed by atoms with van der Waals surface area (Å²) in [5, 5.41) is 11.0. The monoisotopic (exact) mass is 415 g/mol. The summed E-state index contributed by atoms with van der Waals surface area (Å²) < 4.78 is 41.0. The van der Waals surface area contributed by atoms with Crippen molar-refractivity contribution in [2.75, 3.05) is 19.7 Å². The third-order valence-corrected chi connectivity index (χ3v) is 4.86. The minimum atomic E-state index is -4.61. The molecular weight excluding hydrogens is 398 g/mol. The van der Waals surface area contributed by atoms with E-state index in [-0.39, 0.29) is 65.6 Å². The second kappa shape index (κ2) is 7.91. The molecule has 3 rings (SSSR count). The normalized spacial score (nSPS) is 25.6. The van der Waals surface area contributed by atoms with Gasteiger partial charge in [-0.1, -0.05) is 0 Å². The van der Waals surface area contributed by atoms with E-state index in [4.69, 9.17) is 4.74 Å². The molecule has 0 aromatic heterocycles. The van der Waals surface area contributed by atoms with Gasteiger partial charge >= 0.3 is 47.8 Å². The van der Waals surface area contributed by atoms with Gasteiger partial charge in [0.2, 0.25) is 5.91 Å². The quantitative estimate of drug-likeness (QED) is 0.469. The van der Waals surface area contributed by atoms with Crippen LogP contribution >= 0.6 is 0 Å². The number of hydrogen-bond acceptors (Lipinski definition) is 5. The van der Waals surface area contributed by atoms with E-state index in [0.717, 1.165) is 4.90 Å². The number of carboxylic acid groups (broad SMARTS) is 1. The first-order valence-corrected chi connectivity index (χ1v) is 8.04. The molecule has 2 saturated heterocycles. The predicted molar refractivity (Wildman–Crippen MR) is 87.1 cm³/mol. The summed E-state index contributed by atoms with van der Waals surface area (Å²) in [6.45, 7) is -0.582. The fraction of sp³-hybridized carbons (Fsp3) is 0.600. The fourth-order valence-electron chi connectivity index (χ4n) is 3.87. The van der Waals surface area contributed by atoms with Crippen LogP contribution in [0.25, 0.3) is 0 Å². The van der Waals surface area contributed by atoms with Gasteiger partial charge in [0.25, 0.3) is 5.91 Å². The second-order valence-electron chi connectivity index (χ2n) is 6.58. The maximum absolute atomic E-state index is 12.4. The minimum absolute atomic E-state index is 0. The number of ether oxygens (including phenoxy) is 1. The number of likely N-dealkylation sites (tertiary alicyclic amines) is 1. The first kappa shape index (κ1) is 22.5. The zero-order valence-electron chi connectivity index (χ0n) is 14.1. The molecule has 0 aromatic rings. The Kier molecular flexibility index (Phi) is 6.36. The van der Waals surface area contributed by atoms with E-state index in [9.17, 15) is 37.5 Å². The van der Waals surface area contributed by atoms with Gasteiger partial charge in [0, 0.05) is 19.4 Å². The van der Waals surface area contributed by atoms with E-state index in [1.807, 2.05) is 0 Å². The van der Waals surface area contributed by atoms with Gasteiger partial charge in [0.05, 0.1) is 6.04 Å². The van der Waals surface area contributed by atoms with Gasteiger partial charge in [-0.25, -0.2) is 9.59 Å². The Balaban J connectivity index is 0.00000280. The molecule has 2 fully saturated rings. The number of aliphatic carboxylic acids is 1. The summed E-state index contributed by atoms with van der Waals surface area (Å²) in [5.74, 6) is -2.47. The number of amides is 3. The van der Waals surface area contributed by atoms with Crippen molar-refractivity contribution in [3.8, 4) is 0 Å². The van der Waals surface area contributed by atoms with Gasteiger partial charge in [-0.2, -0.15) is 13.2 Å². The predicted octanol–water partition coefficient (Wildman–Crippen LogP) is -0.573. The Morgan fingerprint density at radius 1 is 1.32 bits per heavy atom. The molecule has 0 spiro atoms. The molecule has 150 valence electrons. The number of carbonyl (C=O) groups excluding carboxylic acids is 3. The first-order valence-electron chi connectivity index (χ1n) is 8.04. The van der Waals surface area contributed by atoms with Crippen LogP contribution in [0.2, 0.25) is 0 Å². The molecule has 2 N–H and O–H groups in total. The van der Waals surface area contributed by atoms with Gasteiger partial charge in [-0.3, -0.25) is 14.5 Å². The zero-order valence-corrected chi connectivity index (χ0v) is 14.1. The van der Waals surface area contributed by atoms with E-state index in [1.165, 1.54) is 17.1 Å². The van der Waals surface area contributed by atoms with Crippen molar-refractivity contribution in [2.45, 2.75) is 31.6 Å². The second-order valence-corrected chi connectivity index (χ2v) is 6.58. The molecule has 0 radical (unpaired) electrons. The summed E-state index contributed by atoms with van der Waals surface area (Å²) >= 11 is 0. The molecule has 28 heavy (non-hydrogen) atoms. The summed E-state index contributed by atoms with van der Waals surface area (Å²) in [6, 6.07) is -1.14. The summed E-state index contributed by atoms with van der Waals surface area (Å²) in [7, 11) is 0. The van der Waals surface area contributed by atoms with Crippen molar-refractivity contribution in [3.63, 3.8) is 0 Å². The van der Waals surface area contributed by atoms with Gasteiger partial charge in [-0.05, 0) is 12.0 Å². The standard InChI is InChI=1S/C15H16F3N3O6.Na.H/c1-6(22)20-3-7-2-8(4-27-14(26)19-5-15(16,17)18)10(13(24)25)21-9(7)11(20)12(21)23;;/h7,9,11H,2-5H2,1H3,(H,19,26)(H,24,25);;/t7-,9-,11+;;/m1../s1. The molecule has 3 heterocycles. The van der Waals surface area contributed by atoms with Crippen LogP contribution in [-0.4, -0.2) is 106 Å². The van der Waals surface area contributed by atoms with Crippen LogP contribution in [0.15, 0.2) is 11.3 Å². The van der Waals surface area contributed by atoms with Gasteiger partial charge in [0.1, 0.15) is 24.9 Å². The Morgan fingerprint density at radius 2 is 1.96 bits per heavy atom. The molecule has 0 bridgehead atoms. The molecule has 3 aliphatic heterocycles. The number of halogens is 3. The summed E-state index contributed by atoms with van der Waals surface area (Å²) in [6.07, 6.45) is -5.80. The fourth-order valence-corrected chi connectivity index (χ4v) is 3.87. The molecule has 3 amide bonds. The van der Waals surface area contributed by atoms with Crippen molar-refractivity contribution >= 4 is 53.4 Å². The van der Waals surface area contributed by atoms with Crippen LogP contribution in [0.5, 0.6) is 0 Å². The van der Waals surface area contributed by atoms with Crippen LogP contribution < -0.4 is 5.32 Å². The van der Waals surface area contributed by atoms with Crippen LogP contribution in [0.3, 0.4) is 0 Å². The maximum atomic E-state index is 12.4. The van der Waals surface area contributed by atoms with Crippen molar-refractivity contribution in [3.05, 3.63) is 11.3 Å². The van der Waals surface area contributed by atoms with Crippen molar-refractivity contribution < 1.29 is 42.2 Å². The third kappa shape index (κ3) is 3.98. The number of carboxylic acids is 1. The summed E-state index contributed by atoms with van der Waals surface area (Å²) in [5.41, 5.74) is -0.227. The van der Waals surface area contributed by atoms with E-state index in [0.29, 0.717) is 0 Å². The number of hydrogen-bond donors (Lipinski definition) is 2. The number of rotatable bonds is 4. The first-order chi connectivity index (χ1) is 12.5. The number of alkyl carbamates (subject to hydrolysis) is 1. The molecule has 0 aromatic carbocycles. The van der Waals surface area contributed by atoms with E-state index >= 15 is 0 Å². The Labute approximate surface area is 179 Å². The van der Waals surface area contributed by atoms with Crippen LogP contribution in [0.1, 0.15) is 13.3 Å². The van der Waals surface area contributed by atoms with Gasteiger partial charge in [-0.15, -0.1) is 0 Å². The molecule has 0 saturated carbocycles. The van der Waals surface area contributed by atoms with Crippen LogP contribution in [0.4, 0.5) is 18.0 Å². The van der Waals surface area contributed by atoms with Gasteiger partial charge < -0.3 is 20.1 Å². The molecule has 0 unspecified atom stereocenters. The molecule has 9 nitrogen and oxygen atoms in total. The van der Waals surface area contributed by atoms with Crippen molar-refractivity contribution in [2.24, 2.45) is 5.92 Å². The zero-order chi connectivity index (χ0) is 20.1. The number of β-lactam (4-membered cyclic amide) rings is 1. The third-order valence-electron chi connectivity index (χ3n) is 4.86. The number of nitrogens with zero attached hydrogens (tertiary/aromatic N) is 2. The van der Waals surface area contributed by atoms with E-state index in [1.54, 1.807) is 0 Å². The summed E-state index contributed by atoms with van der Waals surface area (Å²) in [4.78, 5) is 49.5. The van der Waals surface area contributed by atoms with Crippen molar-refractivity contribution in [1.29, 1.82) is 0 Å². The molecular formula is C15H17F3N3NaO6. The molecule has 0 aliphatic carbocycles. The van der Waals surface area contributed by atoms with E-state index < -0.39 is 49.4 Å². The Morgan fingerprint density at radius 3 is 2.50 bits per heavy atom. The Hall–Kier alpha value is -1.79. The van der Waals surface area contributed by atoms with Crippen LogP contribution in [0, 0.1) is 5.92 Å². The van der Waals surface area contributed by atoms with E-state index in [2.05, 4.69) is 0 Å². The van der Waals surface area contributed by atoms with Crippen molar-refractivity contribution in [1.82, 2.24) is 15.1 Å². The topological polar surface area (TPSA) is 116 Å². The average Bonchev–Trinajstić information content (AvgIpc) is 2.92. The number of alkyl halides is 3. The van der Waals surface area contributed by atoms with Gasteiger partial charge in [0.15, 0.2) is 0 Å². The number of nitrogens with one attached hydrogen (secondary N) is 1. The number of carbonyl (C=O) groups is 4. The van der Waals surface area contributed by atoms with Crippen LogP contribution in [-0.2, 0) is 19.1 Å². The Bertz CT molecular complexity index is 756. The molecule has 13 heteroatoms. The SMILES string of the molecule is CC(=O)N1C[C@H]2CC(COC(=O)NCC(F)(F)F)=C(C(=O)O)N3C(=O)[C@@H]1[C@@H]23.[NaH]. The average molecular weight is 415 g/mol. The molecule has 3 atom stereocenters.